The molecule has 0 amide bonds. The van der Waals surface area contributed by atoms with Crippen LogP contribution >= 0.6 is 0 Å². The van der Waals surface area contributed by atoms with Crippen molar-refractivity contribution < 1.29 is 0 Å². The molecule has 266 valence electrons. The fourth-order valence-electron chi connectivity index (χ4n) is 10.6. The Hall–Kier alpha value is -7.29. The molecule has 4 heteroatoms. The average Bonchev–Trinajstić information content (AvgIpc) is 3.81. The second-order valence-corrected chi connectivity index (χ2v) is 16.0. The topological polar surface area (TPSA) is 9.86 Å². The number of rotatable bonds is 4. The zero-order valence-electron chi connectivity index (χ0n) is 31.7. The highest BCUT2D eigenvalue weighted by molar-refractivity contribution is 7.00. The van der Waals surface area contributed by atoms with Gasteiger partial charge in [-0.1, -0.05) is 187 Å². The number of nitrogens with zero attached hydrogens (tertiary/aromatic N) is 2. The molecule has 0 unspecified atom stereocenters. The average molecular weight is 733 g/mol. The molecule has 13 rings (SSSR count). The van der Waals surface area contributed by atoms with Gasteiger partial charge < -0.3 is 9.13 Å². The van der Waals surface area contributed by atoms with Gasteiger partial charge in [0.15, 0.2) is 0 Å². The molecule has 2 aliphatic heterocycles. The van der Waals surface area contributed by atoms with Gasteiger partial charge in [0, 0.05) is 44.0 Å². The summed E-state index contributed by atoms with van der Waals surface area (Å²) in [6, 6.07) is 77.0. The molecule has 11 aromatic rings. The summed E-state index contributed by atoms with van der Waals surface area (Å²) in [7, 11) is 0. The van der Waals surface area contributed by atoms with Gasteiger partial charge in [0.2, 0.25) is 13.4 Å². The van der Waals surface area contributed by atoms with Crippen molar-refractivity contribution in [1.82, 2.24) is 9.13 Å². The number of hydrogen-bond acceptors (Lipinski definition) is 0. The Morgan fingerprint density at radius 1 is 0.276 bits per heavy atom. The molecule has 0 N–H and O–H groups in total. The number of hydrogen-bond donors (Lipinski definition) is 0. The summed E-state index contributed by atoms with van der Waals surface area (Å²) in [6.45, 7) is 0.137. The second-order valence-electron chi connectivity index (χ2n) is 16.0. The van der Waals surface area contributed by atoms with Gasteiger partial charge in [0.05, 0.1) is 11.0 Å². The second kappa shape index (κ2) is 12.1. The summed E-state index contributed by atoms with van der Waals surface area (Å²) < 4.78 is 5.16. The van der Waals surface area contributed by atoms with E-state index >= 15 is 0 Å². The number of benzene rings is 9. The quantitative estimate of drug-likeness (QED) is 0.160. The molecule has 58 heavy (non-hydrogen) atoms. The maximum atomic E-state index is 2.58. The summed E-state index contributed by atoms with van der Waals surface area (Å²) in [6.07, 6.45) is 0. The Morgan fingerprint density at radius 2 is 0.690 bits per heavy atom. The Kier molecular flexibility index (Phi) is 6.65. The third-order valence-electron chi connectivity index (χ3n) is 13.0. The molecule has 0 atom stereocenters. The first-order chi connectivity index (χ1) is 28.8. The van der Waals surface area contributed by atoms with E-state index in [1.165, 1.54) is 110 Å². The summed E-state index contributed by atoms with van der Waals surface area (Å²) in [5.74, 6) is 0. The van der Waals surface area contributed by atoms with Crippen LogP contribution in [0.5, 0.6) is 0 Å². The zero-order chi connectivity index (χ0) is 37.9. The predicted molar refractivity (Wildman–Crippen MR) is 248 cm³/mol. The number of para-hydroxylation sites is 2. The molecule has 0 spiro atoms. The summed E-state index contributed by atoms with van der Waals surface area (Å²) in [5, 5.41) is 5.16. The Balaban J connectivity index is 1.16. The van der Waals surface area contributed by atoms with E-state index in [2.05, 4.69) is 215 Å². The van der Waals surface area contributed by atoms with Gasteiger partial charge in [0.25, 0.3) is 0 Å². The van der Waals surface area contributed by atoms with Crippen LogP contribution in [-0.2, 0) is 0 Å². The lowest BCUT2D eigenvalue weighted by Crippen LogP contribution is -2.60. The van der Waals surface area contributed by atoms with Gasteiger partial charge in [-0.2, -0.15) is 0 Å². The highest BCUT2D eigenvalue weighted by Gasteiger charge is 2.39. The zero-order valence-corrected chi connectivity index (χ0v) is 31.7. The molecule has 9 aromatic carbocycles. The minimum Gasteiger partial charge on any atom is -0.310 e. The fourth-order valence-corrected chi connectivity index (χ4v) is 10.6. The Bertz CT molecular complexity index is 3210. The Morgan fingerprint density at radius 3 is 1.12 bits per heavy atom. The van der Waals surface area contributed by atoms with E-state index in [0.717, 1.165) is 0 Å². The van der Waals surface area contributed by atoms with Crippen LogP contribution in [0.3, 0.4) is 0 Å². The molecule has 0 radical (unpaired) electrons. The molecular weight excluding hydrogens is 698 g/mol. The largest absolute Gasteiger partial charge is 0.310 e. The maximum Gasteiger partial charge on any atom is 0.246 e. The van der Waals surface area contributed by atoms with Crippen LogP contribution in [0.15, 0.2) is 206 Å². The summed E-state index contributed by atoms with van der Waals surface area (Å²) >= 11 is 0. The highest BCUT2D eigenvalue weighted by atomic mass is 15.0. The van der Waals surface area contributed by atoms with E-state index in [-0.39, 0.29) is 13.4 Å². The van der Waals surface area contributed by atoms with E-state index < -0.39 is 0 Å². The van der Waals surface area contributed by atoms with E-state index in [0.29, 0.717) is 0 Å². The highest BCUT2D eigenvalue weighted by Crippen LogP contribution is 2.39. The normalized spacial score (nSPS) is 12.8. The lowest BCUT2D eigenvalue weighted by Gasteiger charge is -2.33. The number of fused-ring (bicyclic) bond motifs is 10. The Labute approximate surface area is 337 Å². The van der Waals surface area contributed by atoms with E-state index in [9.17, 15) is 0 Å². The molecule has 0 saturated carbocycles. The van der Waals surface area contributed by atoms with Gasteiger partial charge >= 0.3 is 0 Å². The monoisotopic (exact) mass is 732 g/mol. The molecule has 0 bridgehead atoms. The standard InChI is InChI=1S/C54H34B2N2/c1-5-15-35(16-6-1)37-27-29-49-43(31-37)41-23-13-25-45-53(41)57(49)51-34-52-48(33-47(51)55(45)39-19-9-3-10-20-39)56(40-21-11-4-12-22-40)46-26-14-24-42-44-32-38(36-17-7-2-8-18-36)28-30-50(44)58(52)54(42)46/h1-34H. The van der Waals surface area contributed by atoms with E-state index in [1.54, 1.807) is 0 Å². The SMILES string of the molecule is c1ccc(B2c3cc4c(cc3-n3c5ccc(-c6ccccc6)cc5c5cccc2c53)-n2c3ccc(-c5ccccc5)cc3c3cccc(c32)B4c2ccccc2)cc1. The van der Waals surface area contributed by atoms with E-state index in [4.69, 9.17) is 0 Å². The van der Waals surface area contributed by atoms with Crippen LogP contribution in [0, 0.1) is 0 Å². The number of aromatic nitrogens is 2. The molecule has 0 fully saturated rings. The van der Waals surface area contributed by atoms with Gasteiger partial charge in [-0.15, -0.1) is 0 Å². The minimum absolute atomic E-state index is 0.0686. The van der Waals surface area contributed by atoms with Crippen molar-refractivity contribution in [2.75, 3.05) is 0 Å². The van der Waals surface area contributed by atoms with Crippen LogP contribution in [0.1, 0.15) is 0 Å². The van der Waals surface area contributed by atoms with Gasteiger partial charge in [-0.05, 0) is 74.4 Å². The van der Waals surface area contributed by atoms with Crippen molar-refractivity contribution in [3.05, 3.63) is 206 Å². The third kappa shape index (κ3) is 4.40. The summed E-state index contributed by atoms with van der Waals surface area (Å²) in [4.78, 5) is 0. The summed E-state index contributed by atoms with van der Waals surface area (Å²) in [5.41, 5.74) is 20.5. The van der Waals surface area contributed by atoms with Gasteiger partial charge in [-0.3, -0.25) is 0 Å². The van der Waals surface area contributed by atoms with Gasteiger partial charge in [-0.25, -0.2) is 0 Å². The third-order valence-corrected chi connectivity index (χ3v) is 13.0. The van der Waals surface area contributed by atoms with Crippen molar-refractivity contribution >= 4 is 89.8 Å². The van der Waals surface area contributed by atoms with E-state index in [1.807, 2.05) is 0 Å². The molecular formula is C54H34B2N2. The molecule has 4 heterocycles. The van der Waals surface area contributed by atoms with Crippen molar-refractivity contribution in [2.24, 2.45) is 0 Å². The van der Waals surface area contributed by atoms with Gasteiger partial charge in [0.1, 0.15) is 0 Å². The maximum absolute atomic E-state index is 2.58. The molecule has 0 aliphatic carbocycles. The van der Waals surface area contributed by atoms with Crippen LogP contribution in [0.4, 0.5) is 0 Å². The first kappa shape index (κ1) is 31.9. The lowest BCUT2D eigenvalue weighted by molar-refractivity contribution is 1.15. The van der Waals surface area contributed by atoms with Crippen LogP contribution in [0.25, 0.3) is 77.2 Å². The predicted octanol–water partition coefficient (Wildman–Crippen LogP) is 8.87. The van der Waals surface area contributed by atoms with Crippen LogP contribution in [0.2, 0.25) is 0 Å². The molecule has 2 aliphatic rings. The lowest BCUT2D eigenvalue weighted by atomic mass is 9.32. The first-order valence-corrected chi connectivity index (χ1v) is 20.3. The van der Waals surface area contributed by atoms with Crippen molar-refractivity contribution in [2.45, 2.75) is 0 Å². The van der Waals surface area contributed by atoms with Crippen LogP contribution < -0.4 is 32.8 Å². The van der Waals surface area contributed by atoms with Crippen molar-refractivity contribution in [1.29, 1.82) is 0 Å². The molecule has 0 saturated heterocycles. The molecule has 2 aromatic heterocycles. The van der Waals surface area contributed by atoms with Crippen molar-refractivity contribution in [3.63, 3.8) is 0 Å². The molecule has 2 nitrogen and oxygen atoms in total. The smallest absolute Gasteiger partial charge is 0.246 e. The fraction of sp³-hybridized carbons (Fsp3) is 0. The van der Waals surface area contributed by atoms with Crippen LogP contribution in [-0.4, -0.2) is 22.6 Å². The minimum atomic E-state index is 0.0686. The first-order valence-electron chi connectivity index (χ1n) is 20.3. The van der Waals surface area contributed by atoms with Crippen molar-refractivity contribution in [3.8, 4) is 33.6 Å².